The first-order chi connectivity index (χ1) is 22.1. The predicted octanol–water partition coefficient (Wildman–Crippen LogP) is 10.2. The molecule has 0 unspecified atom stereocenters. The Labute approximate surface area is 265 Å². The molecule has 0 bridgehead atoms. The average Bonchev–Trinajstić information content (AvgIpc) is 3.09. The van der Waals surface area contributed by atoms with Crippen molar-refractivity contribution < 1.29 is 44.0 Å². The summed E-state index contributed by atoms with van der Waals surface area (Å²) in [6.45, 7) is 5.58. The molecule has 47 heavy (non-hydrogen) atoms. The third-order valence-electron chi connectivity index (χ3n) is 7.75. The van der Waals surface area contributed by atoms with Crippen molar-refractivity contribution in [3.05, 3.63) is 106 Å². The molecule has 0 atom stereocenters. The third kappa shape index (κ3) is 6.66. The van der Waals surface area contributed by atoms with Crippen LogP contribution in [0.5, 0.6) is 0 Å². The molecule has 3 aromatic carbocycles. The molecule has 0 saturated carbocycles. The summed E-state index contributed by atoms with van der Waals surface area (Å²) in [6.07, 6.45) is -9.16. The number of halogens is 9. The van der Waals surface area contributed by atoms with Crippen LogP contribution in [0.3, 0.4) is 0 Å². The van der Waals surface area contributed by atoms with Crippen LogP contribution in [0.15, 0.2) is 77.9 Å². The molecular formula is C34H27BF9N3+. The summed E-state index contributed by atoms with van der Waals surface area (Å²) in [4.78, 5) is 4.36. The zero-order valence-electron chi connectivity index (χ0n) is 25.3. The lowest BCUT2D eigenvalue weighted by molar-refractivity contribution is -0.511. The highest BCUT2D eigenvalue weighted by Crippen LogP contribution is 2.45. The quantitative estimate of drug-likeness (QED) is 0.168. The molecule has 0 spiro atoms. The topological polar surface area (TPSA) is 28.3 Å². The second-order valence-electron chi connectivity index (χ2n) is 10.7. The van der Waals surface area contributed by atoms with Crippen molar-refractivity contribution in [2.45, 2.75) is 52.1 Å². The van der Waals surface area contributed by atoms with Crippen molar-refractivity contribution in [1.82, 2.24) is 0 Å². The standard InChI is InChI=1S/C32H21BF9N3.C2H6/c1-17-7-9-20(24(14-17)31(37,38)39)19-11-12-27-28-22(19)4-2-6-26(28)33-45-13-3-5-23(29(45)44-16-43-27)21-10-8-18(30(34,35)36)15-25(21)32(40,41)42;1-2/h3,5-16H,2,4H2,1H3,(H,43,44);1-2H3/q+1;. The van der Waals surface area contributed by atoms with Gasteiger partial charge in [0.1, 0.15) is 0 Å². The second-order valence-corrected chi connectivity index (χ2v) is 10.7. The molecule has 0 fully saturated rings. The largest absolute Gasteiger partial charge is 0.437 e. The number of aryl methyl sites for hydroxylation is 1. The number of hydrogen-bond acceptors (Lipinski definition) is 2. The number of hydrogen-bond donors (Lipinski definition) is 1. The van der Waals surface area contributed by atoms with Gasteiger partial charge in [-0.25, -0.2) is 0 Å². The lowest BCUT2D eigenvalue weighted by Crippen LogP contribution is -2.41. The van der Waals surface area contributed by atoms with Crippen LogP contribution in [0.2, 0.25) is 0 Å². The van der Waals surface area contributed by atoms with E-state index >= 15 is 0 Å². The van der Waals surface area contributed by atoms with Gasteiger partial charge >= 0.3 is 31.8 Å². The van der Waals surface area contributed by atoms with Crippen LogP contribution < -0.4 is 9.79 Å². The van der Waals surface area contributed by atoms with Gasteiger partial charge in [-0.1, -0.05) is 49.8 Å². The first kappa shape index (κ1) is 33.8. The van der Waals surface area contributed by atoms with E-state index < -0.39 is 40.8 Å². The minimum Gasteiger partial charge on any atom is -0.325 e. The summed E-state index contributed by atoms with van der Waals surface area (Å²) in [7, 11) is 1.60. The van der Waals surface area contributed by atoms with E-state index in [9.17, 15) is 39.5 Å². The second kappa shape index (κ2) is 12.6. The summed E-state index contributed by atoms with van der Waals surface area (Å²) >= 11 is 0. The number of fused-ring (bicyclic) bond motifs is 1. The van der Waals surface area contributed by atoms with Crippen LogP contribution in [0, 0.1) is 6.92 Å². The average molecular weight is 659 g/mol. The number of anilines is 1. The molecule has 6 rings (SSSR count). The van der Waals surface area contributed by atoms with Gasteiger partial charge in [-0.05, 0) is 88.9 Å². The molecule has 1 aliphatic heterocycles. The molecule has 2 heterocycles. The Balaban J connectivity index is 0.00000213. The van der Waals surface area contributed by atoms with Crippen molar-refractivity contribution >= 4 is 30.7 Å². The maximum atomic E-state index is 14.1. The van der Waals surface area contributed by atoms with Crippen molar-refractivity contribution in [2.75, 3.05) is 5.32 Å². The van der Waals surface area contributed by atoms with E-state index in [4.69, 9.17) is 0 Å². The van der Waals surface area contributed by atoms with Gasteiger partial charge in [-0.15, -0.1) is 0 Å². The molecule has 1 radical (unpaired) electrons. The van der Waals surface area contributed by atoms with Gasteiger partial charge in [-0.3, -0.25) is 4.48 Å². The van der Waals surface area contributed by atoms with E-state index in [1.807, 2.05) is 19.9 Å². The fourth-order valence-corrected chi connectivity index (χ4v) is 5.80. The van der Waals surface area contributed by atoms with E-state index in [0.717, 1.165) is 12.1 Å². The summed E-state index contributed by atoms with van der Waals surface area (Å²) in [6, 6.07) is 11.6. The van der Waals surface area contributed by atoms with Crippen molar-refractivity contribution in [3.8, 4) is 22.3 Å². The number of benzene rings is 3. The molecular weight excluding hydrogens is 632 g/mol. The molecule has 1 aliphatic carbocycles. The fourth-order valence-electron chi connectivity index (χ4n) is 5.80. The number of nitrogens with one attached hydrogen (secondary N) is 1. The maximum absolute atomic E-state index is 14.1. The monoisotopic (exact) mass is 659 g/mol. The first-order valence-electron chi connectivity index (χ1n) is 14.6. The highest BCUT2D eigenvalue weighted by Gasteiger charge is 2.40. The third-order valence-corrected chi connectivity index (χ3v) is 7.75. The van der Waals surface area contributed by atoms with E-state index in [1.54, 1.807) is 32.5 Å². The Morgan fingerprint density at radius 1 is 0.745 bits per heavy atom. The molecule has 1 aromatic heterocycles. The molecule has 4 aromatic rings. The molecule has 3 nitrogen and oxygen atoms in total. The number of nitrogens with zero attached hydrogens (tertiary/aromatic N) is 2. The van der Waals surface area contributed by atoms with E-state index in [-0.39, 0.29) is 23.0 Å². The number of alkyl halides is 9. The van der Waals surface area contributed by atoms with Gasteiger partial charge in [0.2, 0.25) is 6.34 Å². The zero-order chi connectivity index (χ0) is 34.3. The van der Waals surface area contributed by atoms with E-state index in [1.165, 1.54) is 35.2 Å². The van der Waals surface area contributed by atoms with Crippen LogP contribution in [-0.4, -0.2) is 13.8 Å². The van der Waals surface area contributed by atoms with Crippen LogP contribution in [-0.2, 0) is 24.9 Å². The van der Waals surface area contributed by atoms with E-state index in [0.29, 0.717) is 52.3 Å². The first-order valence-corrected chi connectivity index (χ1v) is 14.6. The van der Waals surface area contributed by atoms with Gasteiger partial charge in [-0.2, -0.15) is 39.5 Å². The fraction of sp³-hybridized carbons (Fsp3) is 0.235. The lowest BCUT2D eigenvalue weighted by atomic mass is 9.70. The molecule has 0 saturated heterocycles. The highest BCUT2D eigenvalue weighted by atomic mass is 19.4. The van der Waals surface area contributed by atoms with E-state index in [2.05, 4.69) is 10.3 Å². The van der Waals surface area contributed by atoms with Crippen LogP contribution in [0.1, 0.15) is 53.6 Å². The zero-order valence-corrected chi connectivity index (χ0v) is 25.3. The van der Waals surface area contributed by atoms with Crippen LogP contribution >= 0.6 is 0 Å². The van der Waals surface area contributed by atoms with Crippen LogP contribution in [0.4, 0.5) is 51.0 Å². The minimum absolute atomic E-state index is 0.00537. The van der Waals surface area contributed by atoms with Gasteiger partial charge in [0.05, 0.1) is 28.5 Å². The Morgan fingerprint density at radius 2 is 1.38 bits per heavy atom. The maximum Gasteiger partial charge on any atom is 0.437 e. The van der Waals surface area contributed by atoms with Crippen molar-refractivity contribution in [2.24, 2.45) is 4.99 Å². The number of rotatable bonds is 2. The van der Waals surface area contributed by atoms with Gasteiger partial charge in [0.25, 0.3) is 0 Å². The predicted molar refractivity (Wildman–Crippen MR) is 164 cm³/mol. The number of allylic oxidation sites excluding steroid dienone is 1. The summed E-state index contributed by atoms with van der Waals surface area (Å²) in [5, 5.41) is 3.01. The lowest BCUT2D eigenvalue weighted by Gasteiger charge is -2.24. The van der Waals surface area contributed by atoms with Crippen molar-refractivity contribution in [1.29, 1.82) is 0 Å². The highest BCUT2D eigenvalue weighted by molar-refractivity contribution is 6.54. The molecule has 243 valence electrons. The Morgan fingerprint density at radius 3 is 2.06 bits per heavy atom. The summed E-state index contributed by atoms with van der Waals surface area (Å²) in [5.74, 6) is -0.00537. The van der Waals surface area contributed by atoms with Crippen molar-refractivity contribution in [3.63, 3.8) is 0 Å². The smallest absolute Gasteiger partial charge is 0.325 e. The van der Waals surface area contributed by atoms with Gasteiger partial charge in [0, 0.05) is 11.3 Å². The number of aliphatic imine (C=N–C) groups is 1. The Bertz CT molecular complexity index is 1890. The van der Waals surface area contributed by atoms with Gasteiger partial charge in [0.15, 0.2) is 0 Å². The Hall–Kier alpha value is -4.55. The molecule has 1 N–H and O–H groups in total. The molecule has 2 aliphatic rings. The minimum atomic E-state index is -5.10. The SMILES string of the molecule is CC.Cc1ccc(-c2ccc3c4c2CCC=C4[B][n+]2cccc(-c4ccc(C(F)(F)F)cc4C(F)(F)F)c2/N=C\N3)c(C(F)(F)F)c1. The number of aromatic nitrogens is 1. The van der Waals surface area contributed by atoms with Gasteiger partial charge < -0.3 is 5.32 Å². The molecule has 13 heteroatoms. The number of pyridine rings is 1. The summed E-state index contributed by atoms with van der Waals surface area (Å²) in [5.41, 5.74) is -1.01. The summed E-state index contributed by atoms with van der Waals surface area (Å²) < 4.78 is 126. The molecule has 0 amide bonds. The van der Waals surface area contributed by atoms with Crippen LogP contribution in [0.25, 0.3) is 27.7 Å². The Kier molecular flexibility index (Phi) is 9.04. The normalized spacial score (nSPS) is 14.9.